The Hall–Kier alpha value is -1.59. The number of nitrogens with two attached hydrogens (primary N) is 1. The van der Waals surface area contributed by atoms with E-state index in [1.54, 1.807) is 6.07 Å². The van der Waals surface area contributed by atoms with E-state index in [0.717, 1.165) is 24.1 Å². The van der Waals surface area contributed by atoms with E-state index < -0.39 is 0 Å². The van der Waals surface area contributed by atoms with Gasteiger partial charge in [0.25, 0.3) is 0 Å². The van der Waals surface area contributed by atoms with Gasteiger partial charge in [-0.3, -0.25) is 9.69 Å². The highest BCUT2D eigenvalue weighted by Gasteiger charge is 2.29. The van der Waals surface area contributed by atoms with Gasteiger partial charge in [0.15, 0.2) is 0 Å². The lowest BCUT2D eigenvalue weighted by Gasteiger charge is -2.20. The summed E-state index contributed by atoms with van der Waals surface area (Å²) in [6.45, 7) is 2.88. The van der Waals surface area contributed by atoms with Crippen LogP contribution in [-0.2, 0) is 4.79 Å². The predicted molar refractivity (Wildman–Crippen MR) is 75.9 cm³/mol. The Kier molecular flexibility index (Phi) is 4.39. The molecule has 0 spiro atoms. The first-order valence-electron chi connectivity index (χ1n) is 6.61. The lowest BCUT2D eigenvalue weighted by molar-refractivity contribution is -0.117. The van der Waals surface area contributed by atoms with Gasteiger partial charge in [-0.05, 0) is 37.5 Å². The monoisotopic (exact) mass is 263 g/mol. The van der Waals surface area contributed by atoms with Gasteiger partial charge in [0, 0.05) is 24.0 Å². The van der Waals surface area contributed by atoms with Crippen molar-refractivity contribution in [1.29, 1.82) is 0 Å². The maximum Gasteiger partial charge on any atom is 0.238 e. The molecule has 1 fully saturated rings. The zero-order valence-electron chi connectivity index (χ0n) is 11.2. The van der Waals surface area contributed by atoms with Gasteiger partial charge in [-0.15, -0.1) is 0 Å². The minimum atomic E-state index is -0.0611. The summed E-state index contributed by atoms with van der Waals surface area (Å²) < 4.78 is 0. The molecule has 0 aliphatic heterocycles. The fourth-order valence-corrected chi connectivity index (χ4v) is 2.11. The largest absolute Gasteiger partial charge is 0.399 e. The number of carbonyl (C=O) groups is 1. The first kappa shape index (κ1) is 13.8. The number of hydrogen-bond donors (Lipinski definition) is 3. The average Bonchev–Trinajstić information content (AvgIpc) is 3.17. The Morgan fingerprint density at radius 1 is 1.53 bits per heavy atom. The van der Waals surface area contributed by atoms with E-state index in [1.807, 2.05) is 24.0 Å². The minimum Gasteiger partial charge on any atom is -0.399 e. The Bertz CT molecular complexity index is 458. The molecule has 0 bridgehead atoms. The van der Waals surface area contributed by atoms with Crippen molar-refractivity contribution < 1.29 is 9.90 Å². The van der Waals surface area contributed by atoms with Crippen molar-refractivity contribution in [3.63, 3.8) is 0 Å². The van der Waals surface area contributed by atoms with Gasteiger partial charge in [-0.25, -0.2) is 0 Å². The van der Waals surface area contributed by atoms with Crippen LogP contribution in [0.25, 0.3) is 0 Å². The quantitative estimate of drug-likeness (QED) is 0.668. The topological polar surface area (TPSA) is 78.6 Å². The molecule has 5 nitrogen and oxygen atoms in total. The molecule has 104 valence electrons. The van der Waals surface area contributed by atoms with Crippen molar-refractivity contribution in [2.75, 3.05) is 30.7 Å². The molecular weight excluding hydrogens is 242 g/mol. The number of nitrogen functional groups attached to an aromatic ring is 1. The zero-order valence-corrected chi connectivity index (χ0v) is 11.2. The molecule has 1 saturated carbocycles. The molecule has 2 rings (SSSR count). The van der Waals surface area contributed by atoms with Crippen molar-refractivity contribution in [1.82, 2.24) is 4.90 Å². The summed E-state index contributed by atoms with van der Waals surface area (Å²) in [5, 5.41) is 11.9. The van der Waals surface area contributed by atoms with Gasteiger partial charge in [-0.2, -0.15) is 0 Å². The number of aliphatic hydroxyl groups excluding tert-OH is 1. The van der Waals surface area contributed by atoms with Crippen LogP contribution >= 0.6 is 0 Å². The zero-order chi connectivity index (χ0) is 13.8. The molecule has 5 heteroatoms. The van der Waals surface area contributed by atoms with Gasteiger partial charge in [-0.1, -0.05) is 6.07 Å². The molecule has 1 aliphatic rings. The van der Waals surface area contributed by atoms with E-state index in [9.17, 15) is 4.79 Å². The summed E-state index contributed by atoms with van der Waals surface area (Å²) in [6, 6.07) is 5.92. The standard InChI is InChI=1S/C14H21N3O2/c1-10-2-3-11(15)8-13(10)16-14(19)9-17(6-7-18)12-4-5-12/h2-3,8,12,18H,4-7,9,15H2,1H3,(H,16,19). The Balaban J connectivity index is 1.94. The summed E-state index contributed by atoms with van der Waals surface area (Å²) in [4.78, 5) is 14.0. The third-order valence-corrected chi connectivity index (χ3v) is 3.33. The van der Waals surface area contributed by atoms with Crippen molar-refractivity contribution in [2.24, 2.45) is 0 Å². The minimum absolute atomic E-state index is 0.0611. The molecule has 0 atom stereocenters. The molecule has 0 heterocycles. The molecule has 1 aromatic rings. The van der Waals surface area contributed by atoms with E-state index in [4.69, 9.17) is 10.8 Å². The molecule has 1 aromatic carbocycles. The number of nitrogens with zero attached hydrogens (tertiary/aromatic N) is 1. The SMILES string of the molecule is Cc1ccc(N)cc1NC(=O)CN(CCO)C1CC1. The number of benzene rings is 1. The van der Waals surface area contributed by atoms with Gasteiger partial charge in [0.05, 0.1) is 13.2 Å². The van der Waals surface area contributed by atoms with E-state index in [0.29, 0.717) is 24.8 Å². The lowest BCUT2D eigenvalue weighted by atomic mass is 10.2. The Morgan fingerprint density at radius 2 is 2.26 bits per heavy atom. The maximum atomic E-state index is 12.0. The first-order valence-corrected chi connectivity index (χ1v) is 6.61. The third kappa shape index (κ3) is 3.94. The fraction of sp³-hybridized carbons (Fsp3) is 0.500. The van der Waals surface area contributed by atoms with Crippen LogP contribution < -0.4 is 11.1 Å². The van der Waals surface area contributed by atoms with Crippen LogP contribution in [0.2, 0.25) is 0 Å². The fourth-order valence-electron chi connectivity index (χ4n) is 2.11. The van der Waals surface area contributed by atoms with Crippen LogP contribution in [-0.4, -0.2) is 41.7 Å². The number of rotatable bonds is 6. The number of aliphatic hydroxyl groups is 1. The van der Waals surface area contributed by atoms with Gasteiger partial charge >= 0.3 is 0 Å². The summed E-state index contributed by atoms with van der Waals surface area (Å²) in [7, 11) is 0. The lowest BCUT2D eigenvalue weighted by Crippen LogP contribution is -2.36. The molecule has 19 heavy (non-hydrogen) atoms. The third-order valence-electron chi connectivity index (χ3n) is 3.33. The van der Waals surface area contributed by atoms with Crippen molar-refractivity contribution in [2.45, 2.75) is 25.8 Å². The molecule has 0 unspecified atom stereocenters. The number of anilines is 2. The Morgan fingerprint density at radius 3 is 2.89 bits per heavy atom. The van der Waals surface area contributed by atoms with Crippen molar-refractivity contribution >= 4 is 17.3 Å². The summed E-state index contributed by atoms with van der Waals surface area (Å²) in [6.07, 6.45) is 2.23. The van der Waals surface area contributed by atoms with Gasteiger partial charge in [0.1, 0.15) is 0 Å². The summed E-state index contributed by atoms with van der Waals surface area (Å²) in [5.41, 5.74) is 8.09. The second-order valence-corrected chi connectivity index (χ2v) is 5.05. The van der Waals surface area contributed by atoms with Crippen molar-refractivity contribution in [3.05, 3.63) is 23.8 Å². The van der Waals surface area contributed by atoms with Crippen LogP contribution in [0.15, 0.2) is 18.2 Å². The molecule has 1 amide bonds. The van der Waals surface area contributed by atoms with E-state index in [-0.39, 0.29) is 12.5 Å². The average molecular weight is 263 g/mol. The normalized spacial score (nSPS) is 14.7. The second-order valence-electron chi connectivity index (χ2n) is 5.05. The van der Waals surface area contributed by atoms with Crippen LogP contribution in [0.1, 0.15) is 18.4 Å². The van der Waals surface area contributed by atoms with Crippen molar-refractivity contribution in [3.8, 4) is 0 Å². The van der Waals surface area contributed by atoms with Gasteiger partial charge in [0.2, 0.25) is 5.91 Å². The van der Waals surface area contributed by atoms with E-state index in [1.165, 1.54) is 0 Å². The van der Waals surface area contributed by atoms with E-state index in [2.05, 4.69) is 5.32 Å². The first-order chi connectivity index (χ1) is 9.10. The number of carbonyl (C=O) groups excluding carboxylic acids is 1. The van der Waals surface area contributed by atoms with Crippen LogP contribution in [0.3, 0.4) is 0 Å². The highest BCUT2D eigenvalue weighted by atomic mass is 16.3. The van der Waals surface area contributed by atoms with Crippen LogP contribution in [0, 0.1) is 6.92 Å². The maximum absolute atomic E-state index is 12.0. The highest BCUT2D eigenvalue weighted by Crippen LogP contribution is 2.26. The highest BCUT2D eigenvalue weighted by molar-refractivity contribution is 5.93. The number of hydrogen-bond acceptors (Lipinski definition) is 4. The number of nitrogens with one attached hydrogen (secondary N) is 1. The van der Waals surface area contributed by atoms with Gasteiger partial charge < -0.3 is 16.2 Å². The number of amides is 1. The predicted octanol–water partition coefficient (Wildman–Crippen LogP) is 0.972. The molecule has 1 aliphatic carbocycles. The summed E-state index contributed by atoms with van der Waals surface area (Å²) in [5.74, 6) is -0.0611. The van der Waals surface area contributed by atoms with Crippen LogP contribution in [0.4, 0.5) is 11.4 Å². The molecule has 4 N–H and O–H groups in total. The smallest absolute Gasteiger partial charge is 0.238 e. The van der Waals surface area contributed by atoms with Crippen LogP contribution in [0.5, 0.6) is 0 Å². The number of aryl methyl sites for hydroxylation is 1. The molecular formula is C14H21N3O2. The second kappa shape index (κ2) is 6.04. The Labute approximate surface area is 113 Å². The molecule has 0 saturated heterocycles. The van der Waals surface area contributed by atoms with E-state index >= 15 is 0 Å². The summed E-state index contributed by atoms with van der Waals surface area (Å²) >= 11 is 0. The molecule has 0 aromatic heterocycles. The molecule has 0 radical (unpaired) electrons.